The number of nitrogens with one attached hydrogen (secondary N) is 5. The Morgan fingerprint density at radius 1 is 0.784 bits per heavy atom. The molecule has 51 heavy (non-hydrogen) atoms. The standard InChI is InChI=1S/C39H40N6O6/c1-23-35(44-34(46)18-24-10-3-2-4-11-24)37(48)42-31(19-25-21-40-29-14-7-5-12-27(25)29)36(47)43-32(20-26-22-41-30-15-8-6-13-28(26)30)38(49)45-17-9-16-33(45)39(50)51-23/h2-8,10-15,21-23,31-33,35,40-41H,9,16-20H2,1H3,(H,42,48)(H,43,47)(H,44,46)/t23-,31+,32-,33+,35+/m1/s1. The number of hydrogen-bond donors (Lipinski definition) is 5. The first-order chi connectivity index (χ1) is 24.7. The summed E-state index contributed by atoms with van der Waals surface area (Å²) in [6.07, 6.45) is 3.64. The monoisotopic (exact) mass is 688 g/mol. The largest absolute Gasteiger partial charge is 0.458 e. The molecule has 2 aliphatic heterocycles. The predicted octanol–water partition coefficient (Wildman–Crippen LogP) is 3.07. The van der Waals surface area contributed by atoms with E-state index in [1.54, 1.807) is 18.3 Å². The fourth-order valence-electron chi connectivity index (χ4n) is 7.19. The number of aromatic nitrogens is 2. The summed E-state index contributed by atoms with van der Waals surface area (Å²) in [4.78, 5) is 77.8. The van der Waals surface area contributed by atoms with E-state index in [0.29, 0.717) is 19.4 Å². The number of carbonyl (C=O) groups excluding carboxylic acids is 5. The predicted molar refractivity (Wildman–Crippen MR) is 190 cm³/mol. The van der Waals surface area contributed by atoms with E-state index in [-0.39, 0.29) is 19.3 Å². The number of benzene rings is 3. The van der Waals surface area contributed by atoms with Gasteiger partial charge in [-0.2, -0.15) is 0 Å². The lowest BCUT2D eigenvalue weighted by Crippen LogP contribution is -2.59. The van der Waals surface area contributed by atoms with E-state index in [1.807, 2.05) is 72.9 Å². The number of rotatable bonds is 7. The number of para-hydroxylation sites is 2. The molecule has 0 bridgehead atoms. The normalized spacial score (nSPS) is 23.1. The fraction of sp³-hybridized carbons (Fsp3) is 0.308. The van der Waals surface area contributed by atoms with Crippen LogP contribution in [0.15, 0.2) is 91.3 Å². The maximum Gasteiger partial charge on any atom is 0.329 e. The van der Waals surface area contributed by atoms with E-state index in [1.165, 1.54) is 11.8 Å². The summed E-state index contributed by atoms with van der Waals surface area (Å²) in [7, 11) is 0. The van der Waals surface area contributed by atoms with Gasteiger partial charge in [-0.1, -0.05) is 66.7 Å². The van der Waals surface area contributed by atoms with E-state index in [0.717, 1.165) is 38.5 Å². The highest BCUT2D eigenvalue weighted by molar-refractivity contribution is 5.97. The molecule has 5 atom stereocenters. The Hall–Kier alpha value is -5.91. The molecule has 0 saturated carbocycles. The molecule has 4 heterocycles. The molecule has 0 aliphatic carbocycles. The highest BCUT2D eigenvalue weighted by Crippen LogP contribution is 2.25. The third-order valence-corrected chi connectivity index (χ3v) is 9.83. The van der Waals surface area contributed by atoms with Crippen molar-refractivity contribution in [3.63, 3.8) is 0 Å². The third-order valence-electron chi connectivity index (χ3n) is 9.83. The van der Waals surface area contributed by atoms with Crippen LogP contribution in [0.4, 0.5) is 0 Å². The number of carbonyl (C=O) groups is 5. The lowest BCUT2D eigenvalue weighted by molar-refractivity contribution is -0.160. The number of hydrogen-bond acceptors (Lipinski definition) is 6. The van der Waals surface area contributed by atoms with Gasteiger partial charge in [0, 0.05) is 53.6 Å². The van der Waals surface area contributed by atoms with Gasteiger partial charge in [-0.25, -0.2) is 4.79 Å². The van der Waals surface area contributed by atoms with Gasteiger partial charge in [0.15, 0.2) is 0 Å². The number of fused-ring (bicyclic) bond motifs is 3. The first-order valence-corrected chi connectivity index (χ1v) is 17.3. The minimum atomic E-state index is -1.32. The van der Waals surface area contributed by atoms with Crippen molar-refractivity contribution in [3.05, 3.63) is 108 Å². The van der Waals surface area contributed by atoms with Crippen LogP contribution in [0.5, 0.6) is 0 Å². The van der Waals surface area contributed by atoms with Gasteiger partial charge in [0.25, 0.3) is 0 Å². The van der Waals surface area contributed by atoms with Crippen LogP contribution in [0.2, 0.25) is 0 Å². The zero-order valence-electron chi connectivity index (χ0n) is 28.2. The van der Waals surface area contributed by atoms with Crippen LogP contribution in [0.3, 0.4) is 0 Å². The van der Waals surface area contributed by atoms with E-state index in [4.69, 9.17) is 4.74 Å². The molecule has 2 fully saturated rings. The first-order valence-electron chi connectivity index (χ1n) is 17.3. The molecule has 2 aliphatic rings. The molecule has 0 unspecified atom stereocenters. The molecule has 2 aromatic heterocycles. The zero-order chi connectivity index (χ0) is 35.5. The Balaban J connectivity index is 1.24. The van der Waals surface area contributed by atoms with Gasteiger partial charge in [0.05, 0.1) is 6.42 Å². The first kappa shape index (κ1) is 33.6. The zero-order valence-corrected chi connectivity index (χ0v) is 28.2. The number of H-pyrrole nitrogens is 2. The Morgan fingerprint density at radius 2 is 1.37 bits per heavy atom. The van der Waals surface area contributed by atoms with Gasteiger partial charge < -0.3 is 35.6 Å². The van der Waals surface area contributed by atoms with Crippen molar-refractivity contribution in [1.82, 2.24) is 30.8 Å². The fourth-order valence-corrected chi connectivity index (χ4v) is 7.19. The number of cyclic esters (lactones) is 1. The van der Waals surface area contributed by atoms with Crippen molar-refractivity contribution < 1.29 is 28.7 Å². The van der Waals surface area contributed by atoms with Gasteiger partial charge in [-0.15, -0.1) is 0 Å². The molecule has 5 aromatic rings. The van der Waals surface area contributed by atoms with Crippen LogP contribution in [0.1, 0.15) is 36.5 Å². The number of aromatic amines is 2. The molecule has 4 amide bonds. The topological polar surface area (TPSA) is 165 Å². The number of ether oxygens (including phenoxy) is 1. The number of esters is 1. The number of amides is 4. The van der Waals surface area contributed by atoms with E-state index in [9.17, 15) is 24.0 Å². The third kappa shape index (κ3) is 7.21. The van der Waals surface area contributed by atoms with Crippen molar-refractivity contribution in [2.24, 2.45) is 0 Å². The Bertz CT molecular complexity index is 2090. The molecular formula is C39H40N6O6. The van der Waals surface area contributed by atoms with Crippen LogP contribution in [0.25, 0.3) is 21.8 Å². The molecule has 7 rings (SSSR count). The average molecular weight is 689 g/mol. The highest BCUT2D eigenvalue weighted by atomic mass is 16.5. The van der Waals surface area contributed by atoms with Gasteiger partial charge in [-0.05, 0) is 48.6 Å². The number of nitrogens with zero attached hydrogens (tertiary/aromatic N) is 1. The molecule has 0 radical (unpaired) electrons. The second-order valence-corrected chi connectivity index (χ2v) is 13.3. The highest BCUT2D eigenvalue weighted by Gasteiger charge is 2.42. The second kappa shape index (κ2) is 14.5. The molecule has 262 valence electrons. The second-order valence-electron chi connectivity index (χ2n) is 13.3. The van der Waals surface area contributed by atoms with Crippen LogP contribution >= 0.6 is 0 Å². The van der Waals surface area contributed by atoms with Crippen LogP contribution in [-0.4, -0.2) is 81.3 Å². The minimum absolute atomic E-state index is 0.00897. The van der Waals surface area contributed by atoms with Crippen molar-refractivity contribution in [1.29, 1.82) is 0 Å². The maximum absolute atomic E-state index is 14.4. The quantitative estimate of drug-likeness (QED) is 0.165. The smallest absolute Gasteiger partial charge is 0.329 e. The Morgan fingerprint density at radius 3 is 2.04 bits per heavy atom. The maximum atomic E-state index is 14.4. The molecule has 12 heteroatoms. The summed E-state index contributed by atoms with van der Waals surface area (Å²) >= 11 is 0. The SMILES string of the molecule is C[C@H]1OC(=O)[C@@H]2CCCN2C(=O)[C@@H](Cc2c[nH]c3ccccc23)NC(=O)[C@H](Cc2c[nH]c3ccccc23)NC(=O)[C@H]1NC(=O)Cc1ccccc1. The summed E-state index contributed by atoms with van der Waals surface area (Å²) in [5.74, 6) is -2.81. The van der Waals surface area contributed by atoms with Gasteiger partial charge in [-0.3, -0.25) is 19.2 Å². The summed E-state index contributed by atoms with van der Waals surface area (Å²) in [5.41, 5.74) is 4.08. The summed E-state index contributed by atoms with van der Waals surface area (Å²) < 4.78 is 5.86. The van der Waals surface area contributed by atoms with Crippen LogP contribution in [0, 0.1) is 0 Å². The molecular weight excluding hydrogens is 648 g/mol. The molecule has 12 nitrogen and oxygen atoms in total. The van der Waals surface area contributed by atoms with Crippen molar-refractivity contribution in [3.8, 4) is 0 Å². The lowest BCUT2D eigenvalue weighted by Gasteiger charge is -2.29. The van der Waals surface area contributed by atoms with E-state index in [2.05, 4.69) is 25.9 Å². The van der Waals surface area contributed by atoms with Gasteiger partial charge >= 0.3 is 5.97 Å². The van der Waals surface area contributed by atoms with Gasteiger partial charge in [0.2, 0.25) is 23.6 Å². The van der Waals surface area contributed by atoms with Crippen molar-refractivity contribution in [2.45, 2.75) is 69.3 Å². The molecule has 0 spiro atoms. The van der Waals surface area contributed by atoms with Crippen LogP contribution < -0.4 is 16.0 Å². The lowest BCUT2D eigenvalue weighted by atomic mass is 10.0. The summed E-state index contributed by atoms with van der Waals surface area (Å²) in [5, 5.41) is 10.3. The molecule has 3 aromatic carbocycles. The van der Waals surface area contributed by atoms with Gasteiger partial charge in [0.1, 0.15) is 30.3 Å². The Labute approximate surface area is 294 Å². The minimum Gasteiger partial charge on any atom is -0.458 e. The molecule has 2 saturated heterocycles. The van der Waals surface area contributed by atoms with Crippen molar-refractivity contribution in [2.75, 3.05) is 6.54 Å². The average Bonchev–Trinajstić information content (AvgIpc) is 3.89. The van der Waals surface area contributed by atoms with E-state index >= 15 is 0 Å². The van der Waals surface area contributed by atoms with Crippen LogP contribution in [-0.2, 0) is 48.0 Å². The summed E-state index contributed by atoms with van der Waals surface area (Å²) in [6, 6.07) is 19.9. The van der Waals surface area contributed by atoms with E-state index < -0.39 is 59.9 Å². The molecule has 5 N–H and O–H groups in total. The Kier molecular flexibility index (Phi) is 9.56. The van der Waals surface area contributed by atoms with Crippen molar-refractivity contribution >= 4 is 51.4 Å². The summed E-state index contributed by atoms with van der Waals surface area (Å²) in [6.45, 7) is 1.83.